The minimum atomic E-state index is -0.675. The Balaban J connectivity index is 2.58. The molecule has 1 rings (SSSR count). The molecule has 3 N–H and O–H groups in total. The number of H-pyrrole nitrogens is 1. The largest absolute Gasteiger partial charge is 0.389 e. The van der Waals surface area contributed by atoms with E-state index in [1.165, 1.54) is 5.56 Å². The van der Waals surface area contributed by atoms with Crippen molar-refractivity contribution in [1.82, 2.24) is 15.5 Å². The predicted octanol–water partition coefficient (Wildman–Crippen LogP) is 2.20. The fourth-order valence-corrected chi connectivity index (χ4v) is 1.75. The van der Waals surface area contributed by atoms with E-state index in [-0.39, 0.29) is 11.3 Å². The number of aliphatic hydroxyl groups is 1. The lowest BCUT2D eigenvalue weighted by atomic mass is 9.89. The van der Waals surface area contributed by atoms with E-state index >= 15 is 0 Å². The summed E-state index contributed by atoms with van der Waals surface area (Å²) < 4.78 is 0. The van der Waals surface area contributed by atoms with E-state index in [9.17, 15) is 5.11 Å². The van der Waals surface area contributed by atoms with Crippen molar-refractivity contribution in [3.8, 4) is 0 Å². The first-order chi connectivity index (χ1) is 8.14. The molecule has 0 aliphatic carbocycles. The predicted molar refractivity (Wildman–Crippen MR) is 74.5 cm³/mol. The van der Waals surface area contributed by atoms with Crippen molar-refractivity contribution in [2.45, 2.75) is 59.1 Å². The smallest absolute Gasteiger partial charge is 0.0766 e. The Morgan fingerprint density at radius 2 is 1.94 bits per heavy atom. The maximum absolute atomic E-state index is 10.2. The average Bonchev–Trinajstić information content (AvgIpc) is 2.64. The molecule has 0 amide bonds. The molecule has 0 aromatic carbocycles. The molecule has 1 atom stereocenters. The molecular formula is C14H27N3O. The van der Waals surface area contributed by atoms with Gasteiger partial charge in [0.25, 0.3) is 0 Å². The summed E-state index contributed by atoms with van der Waals surface area (Å²) in [6.45, 7) is 13.7. The Bertz CT molecular complexity index is 375. The summed E-state index contributed by atoms with van der Waals surface area (Å²) in [5, 5.41) is 20.7. The molecule has 0 bridgehead atoms. The van der Waals surface area contributed by atoms with Crippen LogP contribution in [-0.2, 0) is 12.0 Å². The van der Waals surface area contributed by atoms with Crippen molar-refractivity contribution in [3.63, 3.8) is 0 Å². The lowest BCUT2D eigenvalue weighted by Crippen LogP contribution is -2.42. The van der Waals surface area contributed by atoms with Gasteiger partial charge in [-0.2, -0.15) is 5.10 Å². The van der Waals surface area contributed by atoms with Gasteiger partial charge in [0.15, 0.2) is 0 Å². The summed E-state index contributed by atoms with van der Waals surface area (Å²) in [5.41, 5.74) is 1.71. The third-order valence-corrected chi connectivity index (χ3v) is 3.51. The third kappa shape index (κ3) is 3.82. The first kappa shape index (κ1) is 15.2. The van der Waals surface area contributed by atoms with Gasteiger partial charge < -0.3 is 10.4 Å². The van der Waals surface area contributed by atoms with Crippen LogP contribution in [0.25, 0.3) is 0 Å². The van der Waals surface area contributed by atoms with Crippen molar-refractivity contribution < 1.29 is 5.11 Å². The Kier molecular flexibility index (Phi) is 4.56. The quantitative estimate of drug-likeness (QED) is 0.754. The summed E-state index contributed by atoms with van der Waals surface area (Å²) in [5.74, 6) is 0.233. The second-order valence-electron chi connectivity index (χ2n) is 6.64. The van der Waals surface area contributed by atoms with Crippen LogP contribution < -0.4 is 5.32 Å². The van der Waals surface area contributed by atoms with Gasteiger partial charge in [-0.15, -0.1) is 0 Å². The van der Waals surface area contributed by atoms with Gasteiger partial charge in [0.2, 0.25) is 0 Å². The number of aromatic amines is 1. The van der Waals surface area contributed by atoms with Gasteiger partial charge in [0.1, 0.15) is 0 Å². The molecule has 0 saturated heterocycles. The van der Waals surface area contributed by atoms with Gasteiger partial charge in [-0.3, -0.25) is 5.10 Å². The van der Waals surface area contributed by atoms with Crippen LogP contribution in [0.1, 0.15) is 52.8 Å². The number of hydrogen-bond acceptors (Lipinski definition) is 3. The summed E-state index contributed by atoms with van der Waals surface area (Å²) >= 11 is 0. The molecule has 18 heavy (non-hydrogen) atoms. The van der Waals surface area contributed by atoms with Crippen molar-refractivity contribution in [3.05, 3.63) is 17.5 Å². The number of aromatic nitrogens is 2. The fraction of sp³-hybridized carbons (Fsp3) is 0.786. The summed E-state index contributed by atoms with van der Waals surface area (Å²) in [4.78, 5) is 0. The zero-order valence-electron chi connectivity index (χ0n) is 12.5. The average molecular weight is 253 g/mol. The van der Waals surface area contributed by atoms with Crippen molar-refractivity contribution >= 4 is 0 Å². The molecule has 0 aliphatic rings. The molecule has 4 heteroatoms. The van der Waals surface area contributed by atoms with E-state index in [1.54, 1.807) is 0 Å². The zero-order chi connectivity index (χ0) is 14.0. The minimum Gasteiger partial charge on any atom is -0.389 e. The Hall–Kier alpha value is -0.870. The highest BCUT2D eigenvalue weighted by Gasteiger charge is 2.25. The molecule has 104 valence electrons. The van der Waals surface area contributed by atoms with Crippen LogP contribution >= 0.6 is 0 Å². The number of hydrogen-bond donors (Lipinski definition) is 3. The van der Waals surface area contributed by atoms with Gasteiger partial charge in [-0.25, -0.2) is 0 Å². The fourth-order valence-electron chi connectivity index (χ4n) is 1.75. The summed E-state index contributed by atoms with van der Waals surface area (Å²) in [7, 11) is 0. The topological polar surface area (TPSA) is 60.9 Å². The maximum Gasteiger partial charge on any atom is 0.0766 e. The first-order valence-corrected chi connectivity index (χ1v) is 6.60. The number of nitrogens with one attached hydrogen (secondary N) is 2. The number of nitrogens with zero attached hydrogens (tertiary/aromatic N) is 1. The van der Waals surface area contributed by atoms with E-state index in [0.717, 1.165) is 12.2 Å². The van der Waals surface area contributed by atoms with Gasteiger partial charge in [-0.1, -0.05) is 34.6 Å². The van der Waals surface area contributed by atoms with Crippen LogP contribution in [0.5, 0.6) is 0 Å². The van der Waals surface area contributed by atoms with E-state index in [1.807, 2.05) is 27.0 Å². The SMILES string of the molecule is CC(C)C(C)(O)CNCc1cn[nH]c1C(C)(C)C. The highest BCUT2D eigenvalue weighted by atomic mass is 16.3. The Morgan fingerprint density at radius 1 is 1.33 bits per heavy atom. The highest BCUT2D eigenvalue weighted by molar-refractivity contribution is 5.23. The molecule has 1 heterocycles. The van der Waals surface area contributed by atoms with Gasteiger partial charge in [0.05, 0.1) is 11.8 Å². The van der Waals surface area contributed by atoms with Crippen LogP contribution in [0.15, 0.2) is 6.20 Å². The molecule has 1 aromatic rings. The van der Waals surface area contributed by atoms with Crippen LogP contribution in [0, 0.1) is 5.92 Å². The van der Waals surface area contributed by atoms with Crippen molar-refractivity contribution in [2.75, 3.05) is 6.54 Å². The molecule has 1 aromatic heterocycles. The van der Waals surface area contributed by atoms with Crippen molar-refractivity contribution in [2.24, 2.45) is 5.92 Å². The highest BCUT2D eigenvalue weighted by Crippen LogP contribution is 2.23. The molecule has 0 spiro atoms. The molecule has 0 saturated carbocycles. The van der Waals surface area contributed by atoms with E-state index in [4.69, 9.17) is 0 Å². The Labute approximate surface area is 110 Å². The molecule has 0 aliphatic heterocycles. The van der Waals surface area contributed by atoms with Gasteiger partial charge in [-0.05, 0) is 12.8 Å². The summed E-state index contributed by atoms with van der Waals surface area (Å²) in [6.07, 6.45) is 1.86. The second kappa shape index (κ2) is 5.41. The molecular weight excluding hydrogens is 226 g/mol. The van der Waals surface area contributed by atoms with Crippen LogP contribution in [0.4, 0.5) is 0 Å². The maximum atomic E-state index is 10.2. The molecule has 0 radical (unpaired) electrons. The normalized spacial score (nSPS) is 16.0. The minimum absolute atomic E-state index is 0.0636. The van der Waals surface area contributed by atoms with E-state index < -0.39 is 5.60 Å². The zero-order valence-corrected chi connectivity index (χ0v) is 12.5. The second-order valence-corrected chi connectivity index (χ2v) is 6.64. The lowest BCUT2D eigenvalue weighted by molar-refractivity contribution is 0.0139. The van der Waals surface area contributed by atoms with Gasteiger partial charge in [0, 0.05) is 29.8 Å². The molecule has 1 unspecified atom stereocenters. The van der Waals surface area contributed by atoms with E-state index in [2.05, 4.69) is 36.3 Å². The third-order valence-electron chi connectivity index (χ3n) is 3.51. The van der Waals surface area contributed by atoms with E-state index in [0.29, 0.717) is 6.54 Å². The first-order valence-electron chi connectivity index (χ1n) is 6.60. The molecule has 0 fully saturated rings. The summed E-state index contributed by atoms with van der Waals surface area (Å²) in [6, 6.07) is 0. The van der Waals surface area contributed by atoms with Crippen molar-refractivity contribution in [1.29, 1.82) is 0 Å². The standard InChI is InChI=1S/C14H27N3O/c1-10(2)14(6,18)9-15-7-11-8-16-17-12(11)13(3,4)5/h8,10,15,18H,7,9H2,1-6H3,(H,16,17). The van der Waals surface area contributed by atoms with Gasteiger partial charge >= 0.3 is 0 Å². The lowest BCUT2D eigenvalue weighted by Gasteiger charge is -2.28. The van der Waals surface area contributed by atoms with Crippen LogP contribution in [0.3, 0.4) is 0 Å². The van der Waals surface area contributed by atoms with Crippen LogP contribution in [-0.4, -0.2) is 27.4 Å². The monoisotopic (exact) mass is 253 g/mol. The Morgan fingerprint density at radius 3 is 2.44 bits per heavy atom. The molecule has 4 nitrogen and oxygen atoms in total. The number of rotatable bonds is 5. The van der Waals surface area contributed by atoms with Crippen LogP contribution in [0.2, 0.25) is 0 Å².